The molecule has 1 aromatic heterocycles. The van der Waals surface area contributed by atoms with Gasteiger partial charge in [0.1, 0.15) is 0 Å². The van der Waals surface area contributed by atoms with Crippen molar-refractivity contribution in [1.29, 1.82) is 0 Å². The smallest absolute Gasteiger partial charge is 0.319 e. The van der Waals surface area contributed by atoms with Crippen LogP contribution in [0.5, 0.6) is 0 Å². The van der Waals surface area contributed by atoms with Crippen LogP contribution < -0.4 is 10.6 Å². The number of unbranched alkanes of at least 4 members (excludes halogenated alkanes) is 1. The minimum atomic E-state index is -0.222. The summed E-state index contributed by atoms with van der Waals surface area (Å²) in [5, 5.41) is 9.62. The molecule has 0 aliphatic carbocycles. The number of methoxy groups -OCH3 is 1. The highest BCUT2D eigenvalue weighted by molar-refractivity contribution is 5.89. The molecule has 2 N–H and O–H groups in total. The van der Waals surface area contributed by atoms with Crippen LogP contribution in [0.1, 0.15) is 39.5 Å². The fourth-order valence-electron chi connectivity index (χ4n) is 2.10. The molecule has 0 aliphatic heterocycles. The molecule has 2 amide bonds. The maximum Gasteiger partial charge on any atom is 0.319 e. The molecule has 0 radical (unpaired) electrons. The van der Waals surface area contributed by atoms with Gasteiger partial charge in [-0.15, -0.1) is 0 Å². The van der Waals surface area contributed by atoms with E-state index in [1.54, 1.807) is 7.11 Å². The van der Waals surface area contributed by atoms with Crippen molar-refractivity contribution in [2.75, 3.05) is 25.6 Å². The van der Waals surface area contributed by atoms with Gasteiger partial charge in [-0.05, 0) is 37.1 Å². The van der Waals surface area contributed by atoms with E-state index in [9.17, 15) is 4.79 Å². The number of amides is 2. The monoisotopic (exact) mass is 346 g/mol. The number of nitrogens with zero attached hydrogens (tertiary/aromatic N) is 2. The summed E-state index contributed by atoms with van der Waals surface area (Å²) in [4.78, 5) is 16.2. The lowest BCUT2D eigenvalue weighted by molar-refractivity contribution is 0.192. The molecular weight excluding hydrogens is 320 g/mol. The van der Waals surface area contributed by atoms with Crippen molar-refractivity contribution >= 4 is 11.7 Å². The molecule has 1 aromatic carbocycles. The number of nitrogens with one attached hydrogen (secondary N) is 2. The Morgan fingerprint density at radius 1 is 1.20 bits per heavy atom. The number of benzene rings is 1. The van der Waals surface area contributed by atoms with Crippen LogP contribution in [0, 0.1) is 0 Å². The van der Waals surface area contributed by atoms with Gasteiger partial charge in [0.2, 0.25) is 11.7 Å². The Kier molecular flexibility index (Phi) is 6.52. The molecule has 2 rings (SSSR count). The van der Waals surface area contributed by atoms with Gasteiger partial charge in [0.25, 0.3) is 0 Å². The number of anilines is 1. The fourth-order valence-corrected chi connectivity index (χ4v) is 2.10. The molecule has 0 saturated heterocycles. The Morgan fingerprint density at radius 3 is 2.52 bits per heavy atom. The Labute approximate surface area is 148 Å². The van der Waals surface area contributed by atoms with Crippen molar-refractivity contribution in [2.45, 2.75) is 39.0 Å². The van der Waals surface area contributed by atoms with Crippen molar-refractivity contribution < 1.29 is 14.1 Å². The molecule has 1 heterocycles. The predicted molar refractivity (Wildman–Crippen MR) is 96.6 cm³/mol. The normalized spacial score (nSPS) is 11.4. The molecule has 25 heavy (non-hydrogen) atoms. The number of ether oxygens (including phenoxy) is 1. The van der Waals surface area contributed by atoms with E-state index >= 15 is 0 Å². The molecule has 0 unspecified atom stereocenters. The standard InChI is InChI=1S/C18H26N4O3/c1-18(2,3)16-21-15(22-25-16)13-7-9-14(10-8-13)20-17(23)19-11-5-6-12-24-4/h7-10H,5-6,11-12H2,1-4H3,(H2,19,20,23). The highest BCUT2D eigenvalue weighted by Gasteiger charge is 2.22. The van der Waals surface area contributed by atoms with Gasteiger partial charge in [0.15, 0.2) is 0 Å². The topological polar surface area (TPSA) is 89.3 Å². The lowest BCUT2D eigenvalue weighted by Crippen LogP contribution is -2.29. The summed E-state index contributed by atoms with van der Waals surface area (Å²) in [5.41, 5.74) is 1.36. The van der Waals surface area contributed by atoms with Crippen molar-refractivity contribution in [3.8, 4) is 11.4 Å². The number of carbonyl (C=O) groups excluding carboxylic acids is 1. The van der Waals surface area contributed by atoms with Crippen LogP contribution in [0.25, 0.3) is 11.4 Å². The summed E-state index contributed by atoms with van der Waals surface area (Å²) in [5.74, 6) is 1.14. The van der Waals surface area contributed by atoms with Gasteiger partial charge in [-0.2, -0.15) is 4.98 Å². The Hall–Kier alpha value is -2.41. The van der Waals surface area contributed by atoms with E-state index in [-0.39, 0.29) is 11.4 Å². The molecule has 0 saturated carbocycles. The highest BCUT2D eigenvalue weighted by atomic mass is 16.5. The zero-order chi connectivity index (χ0) is 18.3. The third kappa shape index (κ3) is 5.86. The molecule has 7 nitrogen and oxygen atoms in total. The Bertz CT molecular complexity index is 674. The van der Waals surface area contributed by atoms with Crippen LogP contribution in [0.3, 0.4) is 0 Å². The quantitative estimate of drug-likeness (QED) is 0.748. The van der Waals surface area contributed by atoms with Gasteiger partial charge < -0.3 is 19.9 Å². The van der Waals surface area contributed by atoms with E-state index in [2.05, 4.69) is 20.8 Å². The zero-order valence-electron chi connectivity index (χ0n) is 15.3. The molecular formula is C18H26N4O3. The van der Waals surface area contributed by atoms with Crippen LogP contribution in [0.15, 0.2) is 28.8 Å². The van der Waals surface area contributed by atoms with Crippen LogP contribution in [0.2, 0.25) is 0 Å². The molecule has 7 heteroatoms. The molecule has 0 spiro atoms. The SMILES string of the molecule is COCCCCNC(=O)Nc1ccc(-c2noc(C(C)(C)C)n2)cc1. The summed E-state index contributed by atoms with van der Waals surface area (Å²) in [6.07, 6.45) is 1.81. The molecule has 0 aliphatic rings. The zero-order valence-corrected chi connectivity index (χ0v) is 15.3. The number of carbonyl (C=O) groups is 1. The summed E-state index contributed by atoms with van der Waals surface area (Å²) in [6.45, 7) is 7.38. The maximum absolute atomic E-state index is 11.8. The van der Waals surface area contributed by atoms with Crippen LogP contribution in [-0.2, 0) is 10.2 Å². The first-order valence-corrected chi connectivity index (χ1v) is 8.38. The van der Waals surface area contributed by atoms with Crippen molar-refractivity contribution in [2.24, 2.45) is 0 Å². The van der Waals surface area contributed by atoms with Gasteiger partial charge >= 0.3 is 6.03 Å². The second-order valence-electron chi connectivity index (χ2n) is 6.83. The first kappa shape index (κ1) is 18.9. The molecule has 0 bridgehead atoms. The average molecular weight is 346 g/mol. The lowest BCUT2D eigenvalue weighted by Gasteiger charge is -2.10. The molecule has 0 fully saturated rings. The van der Waals surface area contributed by atoms with E-state index in [0.29, 0.717) is 30.6 Å². The number of urea groups is 1. The van der Waals surface area contributed by atoms with Crippen LogP contribution in [-0.4, -0.2) is 36.4 Å². The maximum atomic E-state index is 11.8. The Morgan fingerprint density at radius 2 is 1.92 bits per heavy atom. The van der Waals surface area contributed by atoms with Crippen molar-refractivity contribution in [1.82, 2.24) is 15.5 Å². The van der Waals surface area contributed by atoms with E-state index in [1.165, 1.54) is 0 Å². The Balaban J connectivity index is 1.87. The number of aromatic nitrogens is 2. The fraction of sp³-hybridized carbons (Fsp3) is 0.500. The highest BCUT2D eigenvalue weighted by Crippen LogP contribution is 2.24. The minimum Gasteiger partial charge on any atom is -0.385 e. The summed E-state index contributed by atoms with van der Waals surface area (Å²) in [7, 11) is 1.67. The number of hydrogen-bond donors (Lipinski definition) is 2. The van der Waals surface area contributed by atoms with E-state index in [1.807, 2.05) is 45.0 Å². The van der Waals surface area contributed by atoms with Gasteiger partial charge in [0.05, 0.1) is 0 Å². The number of hydrogen-bond acceptors (Lipinski definition) is 5. The second kappa shape index (κ2) is 8.62. The first-order chi connectivity index (χ1) is 11.9. The van der Waals surface area contributed by atoms with Crippen LogP contribution >= 0.6 is 0 Å². The van der Waals surface area contributed by atoms with E-state index < -0.39 is 0 Å². The van der Waals surface area contributed by atoms with Gasteiger partial charge in [-0.3, -0.25) is 0 Å². The number of rotatable bonds is 7. The third-order valence-electron chi connectivity index (χ3n) is 3.53. The molecule has 2 aromatic rings. The molecule has 0 atom stereocenters. The van der Waals surface area contributed by atoms with Crippen LogP contribution in [0.4, 0.5) is 10.5 Å². The van der Waals surface area contributed by atoms with E-state index in [0.717, 1.165) is 18.4 Å². The van der Waals surface area contributed by atoms with Gasteiger partial charge in [0, 0.05) is 36.9 Å². The predicted octanol–water partition coefficient (Wildman–Crippen LogP) is 3.58. The van der Waals surface area contributed by atoms with Crippen molar-refractivity contribution in [3.05, 3.63) is 30.2 Å². The third-order valence-corrected chi connectivity index (χ3v) is 3.53. The first-order valence-electron chi connectivity index (χ1n) is 8.38. The summed E-state index contributed by atoms with van der Waals surface area (Å²) >= 11 is 0. The van der Waals surface area contributed by atoms with E-state index in [4.69, 9.17) is 9.26 Å². The lowest BCUT2D eigenvalue weighted by atomic mass is 9.97. The summed E-state index contributed by atoms with van der Waals surface area (Å²) < 4.78 is 10.3. The average Bonchev–Trinajstić information content (AvgIpc) is 3.06. The molecule has 136 valence electrons. The second-order valence-corrected chi connectivity index (χ2v) is 6.83. The van der Waals surface area contributed by atoms with Gasteiger partial charge in [-0.25, -0.2) is 4.79 Å². The largest absolute Gasteiger partial charge is 0.385 e. The summed E-state index contributed by atoms with van der Waals surface area (Å²) in [6, 6.07) is 7.11. The van der Waals surface area contributed by atoms with Gasteiger partial charge in [-0.1, -0.05) is 25.9 Å². The minimum absolute atomic E-state index is 0.186. The van der Waals surface area contributed by atoms with Crippen molar-refractivity contribution in [3.63, 3.8) is 0 Å².